The van der Waals surface area contributed by atoms with Gasteiger partial charge < -0.3 is 16.0 Å². The van der Waals surface area contributed by atoms with E-state index < -0.39 is 29.0 Å². The van der Waals surface area contributed by atoms with Crippen molar-refractivity contribution in [3.8, 4) is 0 Å². The van der Waals surface area contributed by atoms with E-state index in [1.807, 2.05) is 6.92 Å². The van der Waals surface area contributed by atoms with Gasteiger partial charge in [-0.15, -0.1) is 0 Å². The van der Waals surface area contributed by atoms with Crippen molar-refractivity contribution in [3.63, 3.8) is 0 Å². The Hall–Kier alpha value is -3.10. The van der Waals surface area contributed by atoms with Gasteiger partial charge in [-0.1, -0.05) is 18.2 Å². The third-order valence-electron chi connectivity index (χ3n) is 3.68. The first-order chi connectivity index (χ1) is 13.4. The minimum Gasteiger partial charge on any atom is -0.357 e. The lowest BCUT2D eigenvalue weighted by Gasteiger charge is -2.12. The number of benzene rings is 2. The monoisotopic (exact) mass is 396 g/mol. The molecule has 2 aromatic rings. The summed E-state index contributed by atoms with van der Waals surface area (Å²) in [6.45, 7) is 2.33. The van der Waals surface area contributed by atoms with Crippen LogP contribution in [0.25, 0.3) is 0 Å². The van der Waals surface area contributed by atoms with Crippen molar-refractivity contribution < 1.29 is 22.4 Å². The standard InChI is InChI=1S/C19H20F4N4O/c1-2-24-19(25-10-9-12-5-3-4-6-13(12)20)26-11-16(28)27-15-8-7-14(21)17(22)18(15)23/h3-8H,2,9-11H2,1H3,(H,27,28)(H2,24,25,26). The summed E-state index contributed by atoms with van der Waals surface area (Å²) in [4.78, 5) is 15.9. The van der Waals surface area contributed by atoms with Gasteiger partial charge in [0.15, 0.2) is 23.4 Å². The summed E-state index contributed by atoms with van der Waals surface area (Å²) < 4.78 is 53.3. The zero-order chi connectivity index (χ0) is 20.5. The average Bonchev–Trinajstić information content (AvgIpc) is 2.68. The third kappa shape index (κ3) is 5.97. The highest BCUT2D eigenvalue weighted by molar-refractivity contribution is 5.94. The Bertz CT molecular complexity index is 858. The molecule has 0 saturated carbocycles. The maximum atomic E-state index is 13.6. The maximum absolute atomic E-state index is 13.6. The molecule has 2 rings (SSSR count). The van der Waals surface area contributed by atoms with Crippen molar-refractivity contribution in [1.29, 1.82) is 0 Å². The van der Waals surface area contributed by atoms with E-state index in [0.717, 1.165) is 6.07 Å². The predicted molar refractivity (Wildman–Crippen MR) is 99.0 cm³/mol. The summed E-state index contributed by atoms with van der Waals surface area (Å²) in [5, 5.41) is 8.00. The Balaban J connectivity index is 1.91. The van der Waals surface area contributed by atoms with Gasteiger partial charge in [0.25, 0.3) is 0 Å². The molecule has 0 aliphatic heterocycles. The van der Waals surface area contributed by atoms with Gasteiger partial charge in [-0.25, -0.2) is 22.6 Å². The number of nitrogens with zero attached hydrogens (tertiary/aromatic N) is 1. The molecule has 0 fully saturated rings. The van der Waals surface area contributed by atoms with Gasteiger partial charge in [0.2, 0.25) is 5.91 Å². The van der Waals surface area contributed by atoms with Crippen molar-refractivity contribution in [1.82, 2.24) is 10.6 Å². The first-order valence-corrected chi connectivity index (χ1v) is 8.61. The molecule has 9 heteroatoms. The smallest absolute Gasteiger partial charge is 0.246 e. The lowest BCUT2D eigenvalue weighted by Crippen LogP contribution is -2.39. The maximum Gasteiger partial charge on any atom is 0.246 e. The van der Waals surface area contributed by atoms with Crippen LogP contribution in [0.2, 0.25) is 0 Å². The van der Waals surface area contributed by atoms with Crippen LogP contribution in [0.3, 0.4) is 0 Å². The van der Waals surface area contributed by atoms with E-state index in [-0.39, 0.29) is 12.4 Å². The van der Waals surface area contributed by atoms with E-state index in [4.69, 9.17) is 0 Å². The largest absolute Gasteiger partial charge is 0.357 e. The summed E-state index contributed by atoms with van der Waals surface area (Å²) in [7, 11) is 0. The number of nitrogens with one attached hydrogen (secondary N) is 3. The normalized spacial score (nSPS) is 11.2. The van der Waals surface area contributed by atoms with Crippen LogP contribution < -0.4 is 16.0 Å². The molecular weight excluding hydrogens is 376 g/mol. The quantitative estimate of drug-likeness (QED) is 0.292. The fraction of sp³-hybridized carbons (Fsp3) is 0.263. The van der Waals surface area contributed by atoms with Crippen molar-refractivity contribution in [2.24, 2.45) is 4.99 Å². The van der Waals surface area contributed by atoms with Crippen LogP contribution >= 0.6 is 0 Å². The first kappa shape index (κ1) is 21.2. The molecular formula is C19H20F4N4O. The second-order valence-corrected chi connectivity index (χ2v) is 5.73. The molecule has 0 aliphatic carbocycles. The van der Waals surface area contributed by atoms with E-state index in [1.54, 1.807) is 18.2 Å². The van der Waals surface area contributed by atoms with Crippen molar-refractivity contribution >= 4 is 17.6 Å². The van der Waals surface area contributed by atoms with Gasteiger partial charge in [-0.3, -0.25) is 4.79 Å². The van der Waals surface area contributed by atoms with Gasteiger partial charge in [0, 0.05) is 13.1 Å². The molecule has 0 bridgehead atoms. The van der Waals surface area contributed by atoms with Crippen LogP contribution in [0.5, 0.6) is 0 Å². The lowest BCUT2D eigenvalue weighted by atomic mass is 10.1. The second kappa shape index (κ2) is 10.3. The molecule has 150 valence electrons. The number of hydrogen-bond donors (Lipinski definition) is 3. The highest BCUT2D eigenvalue weighted by Gasteiger charge is 2.15. The minimum absolute atomic E-state index is 0.305. The zero-order valence-electron chi connectivity index (χ0n) is 15.2. The summed E-state index contributed by atoms with van der Waals surface area (Å²) in [5.74, 6) is -5.20. The van der Waals surface area contributed by atoms with Crippen LogP contribution in [-0.2, 0) is 11.2 Å². The summed E-state index contributed by atoms with van der Waals surface area (Å²) in [6, 6.07) is 8.02. The SMILES string of the molecule is CCNC(=NCC(=O)Nc1ccc(F)c(F)c1F)NCCc1ccccc1F. The lowest BCUT2D eigenvalue weighted by molar-refractivity contribution is -0.114. The van der Waals surface area contributed by atoms with Crippen LogP contribution in [0, 0.1) is 23.3 Å². The van der Waals surface area contributed by atoms with Crippen molar-refractivity contribution in [3.05, 3.63) is 65.2 Å². The molecule has 2 aromatic carbocycles. The van der Waals surface area contributed by atoms with Crippen LogP contribution in [0.1, 0.15) is 12.5 Å². The van der Waals surface area contributed by atoms with Crippen molar-refractivity contribution in [2.75, 3.05) is 25.0 Å². The Kier molecular flexibility index (Phi) is 7.79. The predicted octanol–water partition coefficient (Wildman–Crippen LogP) is 2.98. The summed E-state index contributed by atoms with van der Waals surface area (Å²) in [5.41, 5.74) is 0.0639. The Labute approximate surface area is 159 Å². The Morgan fingerprint density at radius 2 is 1.71 bits per heavy atom. The molecule has 0 saturated heterocycles. The number of carbonyl (C=O) groups is 1. The topological polar surface area (TPSA) is 65.5 Å². The molecule has 5 nitrogen and oxygen atoms in total. The van der Waals surface area contributed by atoms with E-state index in [2.05, 4.69) is 20.9 Å². The molecule has 3 N–H and O–H groups in total. The number of amides is 1. The highest BCUT2D eigenvalue weighted by Crippen LogP contribution is 2.19. The van der Waals surface area contributed by atoms with E-state index >= 15 is 0 Å². The molecule has 0 aromatic heterocycles. The molecule has 28 heavy (non-hydrogen) atoms. The molecule has 0 spiro atoms. The molecule has 1 amide bonds. The number of carbonyl (C=O) groups excluding carboxylic acids is 1. The number of anilines is 1. The van der Waals surface area contributed by atoms with Crippen molar-refractivity contribution in [2.45, 2.75) is 13.3 Å². The first-order valence-electron chi connectivity index (χ1n) is 8.61. The van der Waals surface area contributed by atoms with Gasteiger partial charge in [-0.05, 0) is 37.1 Å². The van der Waals surface area contributed by atoms with E-state index in [9.17, 15) is 22.4 Å². The average molecular weight is 396 g/mol. The Morgan fingerprint density at radius 3 is 2.43 bits per heavy atom. The zero-order valence-corrected chi connectivity index (χ0v) is 15.2. The number of aliphatic imine (C=N–C) groups is 1. The fourth-order valence-corrected chi connectivity index (χ4v) is 2.32. The second-order valence-electron chi connectivity index (χ2n) is 5.73. The van der Waals surface area contributed by atoms with Crippen LogP contribution in [0.15, 0.2) is 41.4 Å². The van der Waals surface area contributed by atoms with Crippen LogP contribution in [0.4, 0.5) is 23.2 Å². The molecule has 0 radical (unpaired) electrons. The Morgan fingerprint density at radius 1 is 0.964 bits per heavy atom. The minimum atomic E-state index is -1.66. The van der Waals surface area contributed by atoms with E-state index in [0.29, 0.717) is 37.1 Å². The molecule has 0 unspecified atom stereocenters. The molecule has 0 atom stereocenters. The third-order valence-corrected chi connectivity index (χ3v) is 3.68. The molecule has 0 aliphatic rings. The fourth-order valence-electron chi connectivity index (χ4n) is 2.32. The number of hydrogen-bond acceptors (Lipinski definition) is 2. The van der Waals surface area contributed by atoms with Gasteiger partial charge in [0.05, 0.1) is 5.69 Å². The summed E-state index contributed by atoms with van der Waals surface area (Å²) >= 11 is 0. The number of guanidine groups is 1. The molecule has 0 heterocycles. The number of rotatable bonds is 7. The van der Waals surface area contributed by atoms with Gasteiger partial charge >= 0.3 is 0 Å². The summed E-state index contributed by atoms with van der Waals surface area (Å²) in [6.07, 6.45) is 0.406. The number of halogens is 4. The van der Waals surface area contributed by atoms with E-state index in [1.165, 1.54) is 6.07 Å². The highest BCUT2D eigenvalue weighted by atomic mass is 19.2. The van der Waals surface area contributed by atoms with Gasteiger partial charge in [0.1, 0.15) is 12.4 Å². The van der Waals surface area contributed by atoms with Crippen LogP contribution in [-0.4, -0.2) is 31.5 Å². The van der Waals surface area contributed by atoms with Gasteiger partial charge in [-0.2, -0.15) is 0 Å².